The number of hydrogen-bond donors (Lipinski definition) is 2. The molecule has 0 saturated heterocycles. The molecule has 142 valence electrons. The summed E-state index contributed by atoms with van der Waals surface area (Å²) in [7, 11) is 0. The first-order valence-electron chi connectivity index (χ1n) is 8.66. The van der Waals surface area contributed by atoms with Gasteiger partial charge in [0.15, 0.2) is 0 Å². The number of nitrogens with one attached hydrogen (secondary N) is 2. The van der Waals surface area contributed by atoms with Crippen molar-refractivity contribution in [3.05, 3.63) is 70.8 Å². The zero-order valence-corrected chi connectivity index (χ0v) is 16.9. The van der Waals surface area contributed by atoms with Gasteiger partial charge in [0, 0.05) is 22.9 Å². The van der Waals surface area contributed by atoms with E-state index in [1.165, 1.54) is 11.8 Å². The summed E-state index contributed by atoms with van der Waals surface area (Å²) in [5.74, 6) is -0.534. The molecule has 1 atom stereocenters. The molecule has 0 fully saturated rings. The number of carbonyl (C=O) groups is 2. The Morgan fingerprint density at radius 3 is 2.57 bits per heavy atom. The summed E-state index contributed by atoms with van der Waals surface area (Å²) in [6.07, 6.45) is 2.22. The molecule has 7 heteroatoms. The minimum atomic E-state index is -0.297. The van der Waals surface area contributed by atoms with E-state index < -0.39 is 0 Å². The number of carbonyl (C=O) groups excluding carboxylic acids is 2. The smallest absolute Gasteiger partial charge is 0.234 e. The molecule has 1 aliphatic heterocycles. The molecule has 0 bridgehead atoms. The zero-order valence-electron chi connectivity index (χ0n) is 15.3. The fourth-order valence-electron chi connectivity index (χ4n) is 2.91. The quantitative estimate of drug-likeness (QED) is 0.702. The molecule has 2 amide bonds. The van der Waals surface area contributed by atoms with Crippen LogP contribution in [0.5, 0.6) is 0 Å². The highest BCUT2D eigenvalue weighted by Crippen LogP contribution is 2.36. The molecular weight excluding hydrogens is 390 g/mol. The Balaban J connectivity index is 1.75. The summed E-state index contributed by atoms with van der Waals surface area (Å²) < 4.78 is 0. The molecule has 2 N–H and O–H groups in total. The van der Waals surface area contributed by atoms with Gasteiger partial charge in [-0.15, -0.1) is 11.8 Å². The zero-order chi connectivity index (χ0) is 19.9. The Bertz CT molecular complexity index is 934. The van der Waals surface area contributed by atoms with Crippen molar-refractivity contribution in [2.45, 2.75) is 17.2 Å². The van der Waals surface area contributed by atoms with E-state index in [1.807, 2.05) is 48.7 Å². The average molecular weight is 410 g/mol. The second kappa shape index (κ2) is 9.49. The number of anilines is 1. The number of allylic oxidation sites excluding steroid dienone is 1. The van der Waals surface area contributed by atoms with Crippen molar-refractivity contribution in [1.29, 1.82) is 5.26 Å². The van der Waals surface area contributed by atoms with E-state index in [1.54, 1.807) is 23.9 Å². The first kappa shape index (κ1) is 20.1. The monoisotopic (exact) mass is 409 g/mol. The van der Waals surface area contributed by atoms with Gasteiger partial charge >= 0.3 is 0 Å². The largest absolute Gasteiger partial charge is 0.325 e. The summed E-state index contributed by atoms with van der Waals surface area (Å²) in [5, 5.41) is 15.7. The molecular formula is C21H19N3O2S2. The molecule has 0 radical (unpaired) electrons. The predicted octanol–water partition coefficient (Wildman–Crippen LogP) is 4.12. The van der Waals surface area contributed by atoms with Crippen LogP contribution >= 0.6 is 23.5 Å². The van der Waals surface area contributed by atoms with Crippen molar-refractivity contribution in [3.8, 4) is 6.07 Å². The molecule has 0 aromatic heterocycles. The van der Waals surface area contributed by atoms with Gasteiger partial charge in [-0.05, 0) is 36.1 Å². The molecule has 1 heterocycles. The van der Waals surface area contributed by atoms with Crippen LogP contribution in [0.1, 0.15) is 17.9 Å². The third-order valence-electron chi connectivity index (χ3n) is 4.28. The van der Waals surface area contributed by atoms with Crippen molar-refractivity contribution in [3.63, 3.8) is 0 Å². The fourth-order valence-corrected chi connectivity index (χ4v) is 4.20. The lowest BCUT2D eigenvalue weighted by molar-refractivity contribution is -0.121. The van der Waals surface area contributed by atoms with E-state index in [2.05, 4.69) is 16.7 Å². The van der Waals surface area contributed by atoms with Crippen molar-refractivity contribution >= 4 is 41.0 Å². The number of para-hydroxylation sites is 1. The van der Waals surface area contributed by atoms with Crippen molar-refractivity contribution in [1.82, 2.24) is 5.32 Å². The van der Waals surface area contributed by atoms with Gasteiger partial charge < -0.3 is 10.6 Å². The van der Waals surface area contributed by atoms with E-state index in [9.17, 15) is 14.9 Å². The van der Waals surface area contributed by atoms with Gasteiger partial charge in [0.05, 0.1) is 22.4 Å². The number of benzene rings is 2. The van der Waals surface area contributed by atoms with Crippen LogP contribution in [0.3, 0.4) is 0 Å². The van der Waals surface area contributed by atoms with Gasteiger partial charge in [-0.1, -0.05) is 42.1 Å². The molecule has 0 aliphatic carbocycles. The van der Waals surface area contributed by atoms with Crippen LogP contribution in [0, 0.1) is 11.3 Å². The maximum atomic E-state index is 12.2. The number of thioether (sulfide) groups is 2. The first-order valence-corrected chi connectivity index (χ1v) is 10.9. The highest BCUT2D eigenvalue weighted by molar-refractivity contribution is 8.03. The third kappa shape index (κ3) is 4.97. The molecule has 0 unspecified atom stereocenters. The summed E-state index contributed by atoms with van der Waals surface area (Å²) in [4.78, 5) is 25.5. The standard InChI is InChI=1S/C21H19N3O2S2/c1-27-16-9-7-14(8-10-16)17-11-19(25)24-21(18(17)12-22)28-13-20(26)23-15-5-3-2-4-6-15/h2-10,17H,11,13H2,1H3,(H,23,26)(H,24,25)/t17-/m1/s1. The lowest BCUT2D eigenvalue weighted by atomic mass is 9.87. The highest BCUT2D eigenvalue weighted by Gasteiger charge is 2.29. The first-order chi connectivity index (χ1) is 13.6. The van der Waals surface area contributed by atoms with Gasteiger partial charge in [-0.25, -0.2) is 0 Å². The molecule has 2 aromatic rings. The van der Waals surface area contributed by atoms with E-state index in [4.69, 9.17) is 0 Å². The van der Waals surface area contributed by atoms with Gasteiger partial charge in [0.25, 0.3) is 0 Å². The molecule has 0 saturated carbocycles. The summed E-state index contributed by atoms with van der Waals surface area (Å²) in [5.41, 5.74) is 2.13. The van der Waals surface area contributed by atoms with Gasteiger partial charge in [0.2, 0.25) is 11.8 Å². The van der Waals surface area contributed by atoms with Gasteiger partial charge in [-0.3, -0.25) is 9.59 Å². The van der Waals surface area contributed by atoms with Crippen LogP contribution in [0.2, 0.25) is 0 Å². The normalized spacial score (nSPS) is 16.3. The minimum Gasteiger partial charge on any atom is -0.325 e. The minimum absolute atomic E-state index is 0.105. The van der Waals surface area contributed by atoms with Crippen LogP contribution in [0.15, 0.2) is 70.1 Å². The number of nitrogens with zero attached hydrogens (tertiary/aromatic N) is 1. The van der Waals surface area contributed by atoms with Crippen LogP contribution in [-0.4, -0.2) is 23.8 Å². The van der Waals surface area contributed by atoms with Gasteiger partial charge in [0.1, 0.15) is 0 Å². The maximum Gasteiger partial charge on any atom is 0.234 e. The van der Waals surface area contributed by atoms with Gasteiger partial charge in [-0.2, -0.15) is 5.26 Å². The van der Waals surface area contributed by atoms with Crippen molar-refractivity contribution < 1.29 is 9.59 Å². The summed E-state index contributed by atoms with van der Waals surface area (Å²) in [6.45, 7) is 0. The number of nitriles is 1. The topological polar surface area (TPSA) is 82.0 Å². The highest BCUT2D eigenvalue weighted by atomic mass is 32.2. The summed E-state index contributed by atoms with van der Waals surface area (Å²) >= 11 is 2.82. The van der Waals surface area contributed by atoms with E-state index in [0.29, 0.717) is 16.3 Å². The van der Waals surface area contributed by atoms with Crippen molar-refractivity contribution in [2.24, 2.45) is 0 Å². The lowest BCUT2D eigenvalue weighted by Gasteiger charge is -2.25. The molecule has 3 rings (SSSR count). The fraction of sp³-hybridized carbons (Fsp3) is 0.190. The molecule has 28 heavy (non-hydrogen) atoms. The maximum absolute atomic E-state index is 12.2. The molecule has 5 nitrogen and oxygen atoms in total. The SMILES string of the molecule is CSc1ccc([C@H]2CC(=O)NC(SCC(=O)Nc3ccccc3)=C2C#N)cc1. The van der Waals surface area contributed by atoms with Crippen LogP contribution in [-0.2, 0) is 9.59 Å². The Labute approximate surface area is 172 Å². The second-order valence-electron chi connectivity index (χ2n) is 6.14. The van der Waals surface area contributed by atoms with E-state index >= 15 is 0 Å². The second-order valence-corrected chi connectivity index (χ2v) is 8.00. The van der Waals surface area contributed by atoms with Crippen molar-refractivity contribution in [2.75, 3.05) is 17.3 Å². The van der Waals surface area contributed by atoms with Crippen LogP contribution in [0.4, 0.5) is 5.69 Å². The van der Waals surface area contributed by atoms with Crippen LogP contribution in [0.25, 0.3) is 0 Å². The summed E-state index contributed by atoms with van der Waals surface area (Å²) in [6, 6.07) is 19.3. The number of rotatable bonds is 6. The molecule has 1 aliphatic rings. The molecule has 0 spiro atoms. The third-order valence-corrected chi connectivity index (χ3v) is 6.04. The molecule has 2 aromatic carbocycles. The lowest BCUT2D eigenvalue weighted by Crippen LogP contribution is -2.31. The number of hydrogen-bond acceptors (Lipinski definition) is 5. The Kier molecular flexibility index (Phi) is 6.80. The van der Waals surface area contributed by atoms with E-state index in [-0.39, 0.29) is 29.9 Å². The average Bonchev–Trinajstić information content (AvgIpc) is 2.72. The van der Waals surface area contributed by atoms with E-state index in [0.717, 1.165) is 10.5 Å². The number of amides is 2. The Morgan fingerprint density at radius 1 is 1.21 bits per heavy atom. The van der Waals surface area contributed by atoms with Crippen LogP contribution < -0.4 is 10.6 Å². The predicted molar refractivity (Wildman–Crippen MR) is 114 cm³/mol. The Morgan fingerprint density at radius 2 is 1.93 bits per heavy atom. The Hall–Kier alpha value is -2.69.